The first-order valence-electron chi connectivity index (χ1n) is 9.21. The fourth-order valence-corrected chi connectivity index (χ4v) is 3.12. The highest BCUT2D eigenvalue weighted by atomic mass is 16.4. The largest absolute Gasteiger partial charge is 0.481 e. The first-order valence-corrected chi connectivity index (χ1v) is 9.21. The van der Waals surface area contributed by atoms with E-state index in [0.29, 0.717) is 12.3 Å². The van der Waals surface area contributed by atoms with E-state index in [0.717, 1.165) is 44.4 Å². The third kappa shape index (κ3) is 9.24. The molecule has 0 aromatic carbocycles. The van der Waals surface area contributed by atoms with Gasteiger partial charge in [-0.1, -0.05) is 64.0 Å². The number of allylic oxidation sites excluding steroid dienone is 1. The van der Waals surface area contributed by atoms with Gasteiger partial charge in [-0.25, -0.2) is 0 Å². The van der Waals surface area contributed by atoms with Crippen LogP contribution in [-0.2, 0) is 4.79 Å². The van der Waals surface area contributed by atoms with E-state index in [9.17, 15) is 9.90 Å². The van der Waals surface area contributed by atoms with Crippen molar-refractivity contribution in [3.05, 3.63) is 12.2 Å². The van der Waals surface area contributed by atoms with Gasteiger partial charge in [0.15, 0.2) is 0 Å². The molecule has 128 valence electrons. The Morgan fingerprint density at radius 3 is 2.59 bits per heavy atom. The van der Waals surface area contributed by atoms with Gasteiger partial charge in [-0.05, 0) is 37.5 Å². The molecule has 0 bridgehead atoms. The van der Waals surface area contributed by atoms with Crippen molar-refractivity contribution in [3.8, 4) is 0 Å². The molecule has 1 aliphatic rings. The van der Waals surface area contributed by atoms with E-state index < -0.39 is 5.97 Å². The fourth-order valence-electron chi connectivity index (χ4n) is 3.12. The second kappa shape index (κ2) is 11.7. The van der Waals surface area contributed by atoms with Gasteiger partial charge in [0, 0.05) is 6.42 Å². The predicted octanol–water partition coefficient (Wildman–Crippen LogP) is 4.94. The number of aliphatic hydroxyl groups is 1. The van der Waals surface area contributed by atoms with E-state index in [1.54, 1.807) is 0 Å². The highest BCUT2D eigenvalue weighted by Crippen LogP contribution is 2.45. The summed E-state index contributed by atoms with van der Waals surface area (Å²) in [4.78, 5) is 10.4. The standard InChI is InChI=1S/C19H34O3/c1-2-3-9-12-16-15-17(16)18(20)13-10-7-5-4-6-8-11-14-19(21)22/h10,13,16-18,20H,2-9,11-12,14-15H2,1H3,(H,21,22)/b13-10+. The summed E-state index contributed by atoms with van der Waals surface area (Å²) >= 11 is 0. The Bertz CT molecular complexity index is 325. The molecule has 1 rings (SSSR count). The van der Waals surface area contributed by atoms with Gasteiger partial charge in [0.05, 0.1) is 6.10 Å². The van der Waals surface area contributed by atoms with Crippen LogP contribution in [0.25, 0.3) is 0 Å². The number of carboxylic acid groups (broad SMARTS) is 1. The van der Waals surface area contributed by atoms with Crippen LogP contribution in [0.4, 0.5) is 0 Å². The number of rotatable bonds is 14. The van der Waals surface area contributed by atoms with Crippen LogP contribution in [0.2, 0.25) is 0 Å². The molecule has 0 aromatic rings. The van der Waals surface area contributed by atoms with Gasteiger partial charge >= 0.3 is 5.97 Å². The van der Waals surface area contributed by atoms with Crippen LogP contribution in [0.15, 0.2) is 12.2 Å². The van der Waals surface area contributed by atoms with Crippen LogP contribution < -0.4 is 0 Å². The highest BCUT2D eigenvalue weighted by Gasteiger charge is 2.40. The molecule has 0 spiro atoms. The summed E-state index contributed by atoms with van der Waals surface area (Å²) < 4.78 is 0. The summed E-state index contributed by atoms with van der Waals surface area (Å²) in [5.74, 6) is 0.592. The van der Waals surface area contributed by atoms with Crippen LogP contribution in [0.5, 0.6) is 0 Å². The van der Waals surface area contributed by atoms with Gasteiger partial charge in [0.2, 0.25) is 0 Å². The van der Waals surface area contributed by atoms with Gasteiger partial charge in [0.1, 0.15) is 0 Å². The predicted molar refractivity (Wildman–Crippen MR) is 90.8 cm³/mol. The van der Waals surface area contributed by atoms with Crippen molar-refractivity contribution >= 4 is 5.97 Å². The minimum absolute atomic E-state index is 0.234. The number of aliphatic hydroxyl groups excluding tert-OH is 1. The van der Waals surface area contributed by atoms with E-state index in [-0.39, 0.29) is 6.10 Å². The molecule has 1 fully saturated rings. The zero-order valence-electron chi connectivity index (χ0n) is 14.2. The number of aliphatic carboxylic acids is 1. The van der Waals surface area contributed by atoms with Crippen molar-refractivity contribution in [2.75, 3.05) is 0 Å². The minimum atomic E-state index is -0.690. The molecule has 0 aromatic heterocycles. The molecule has 2 N–H and O–H groups in total. The Morgan fingerprint density at radius 2 is 1.86 bits per heavy atom. The molecule has 0 amide bonds. The van der Waals surface area contributed by atoms with Crippen LogP contribution >= 0.6 is 0 Å². The molecular formula is C19H34O3. The SMILES string of the molecule is CCCCCC1CC1C(O)/C=C/CCCCCCCC(=O)O. The first kappa shape index (κ1) is 19.2. The molecule has 1 aliphatic carbocycles. The van der Waals surface area contributed by atoms with Gasteiger partial charge in [-0.2, -0.15) is 0 Å². The lowest BCUT2D eigenvalue weighted by Crippen LogP contribution is -2.06. The van der Waals surface area contributed by atoms with Crippen molar-refractivity contribution in [1.29, 1.82) is 0 Å². The first-order chi connectivity index (χ1) is 10.6. The van der Waals surface area contributed by atoms with E-state index in [2.05, 4.69) is 13.0 Å². The molecular weight excluding hydrogens is 276 g/mol. The van der Waals surface area contributed by atoms with Crippen LogP contribution in [0.1, 0.15) is 84.0 Å². The average Bonchev–Trinajstić information content (AvgIpc) is 3.25. The molecule has 3 nitrogen and oxygen atoms in total. The maximum absolute atomic E-state index is 10.4. The molecule has 22 heavy (non-hydrogen) atoms. The normalized spacial score (nSPS) is 22.1. The third-order valence-electron chi connectivity index (χ3n) is 4.69. The molecule has 1 saturated carbocycles. The maximum atomic E-state index is 10.4. The molecule has 3 heteroatoms. The topological polar surface area (TPSA) is 57.5 Å². The number of carboxylic acids is 1. The zero-order valence-corrected chi connectivity index (χ0v) is 14.2. The Morgan fingerprint density at radius 1 is 1.14 bits per heavy atom. The van der Waals surface area contributed by atoms with Crippen LogP contribution in [0, 0.1) is 11.8 Å². The Kier molecular flexibility index (Phi) is 10.2. The lowest BCUT2D eigenvalue weighted by atomic mass is 10.1. The molecule has 0 aliphatic heterocycles. The molecule has 0 saturated heterocycles. The lowest BCUT2D eigenvalue weighted by molar-refractivity contribution is -0.137. The van der Waals surface area contributed by atoms with Crippen molar-refractivity contribution in [2.45, 2.75) is 90.1 Å². The molecule has 0 heterocycles. The molecule has 0 radical (unpaired) electrons. The number of hydrogen-bond donors (Lipinski definition) is 2. The monoisotopic (exact) mass is 310 g/mol. The third-order valence-corrected chi connectivity index (χ3v) is 4.69. The van der Waals surface area contributed by atoms with Gasteiger partial charge in [0.25, 0.3) is 0 Å². The number of carbonyl (C=O) groups is 1. The summed E-state index contributed by atoms with van der Waals surface area (Å²) in [5, 5.41) is 18.6. The Labute approximate surface area is 135 Å². The minimum Gasteiger partial charge on any atom is -0.481 e. The summed E-state index contributed by atoms with van der Waals surface area (Å²) in [6.07, 6.45) is 16.9. The van der Waals surface area contributed by atoms with Crippen molar-refractivity contribution < 1.29 is 15.0 Å². The van der Waals surface area contributed by atoms with Gasteiger partial charge in [-0.15, -0.1) is 0 Å². The quantitative estimate of drug-likeness (QED) is 0.353. The van der Waals surface area contributed by atoms with Crippen LogP contribution in [-0.4, -0.2) is 22.3 Å². The Hall–Kier alpha value is -0.830. The van der Waals surface area contributed by atoms with Crippen molar-refractivity contribution in [1.82, 2.24) is 0 Å². The van der Waals surface area contributed by atoms with Crippen molar-refractivity contribution in [3.63, 3.8) is 0 Å². The summed E-state index contributed by atoms with van der Waals surface area (Å²) in [7, 11) is 0. The van der Waals surface area contributed by atoms with E-state index in [1.165, 1.54) is 32.1 Å². The summed E-state index contributed by atoms with van der Waals surface area (Å²) in [6, 6.07) is 0. The summed E-state index contributed by atoms with van der Waals surface area (Å²) in [6.45, 7) is 2.23. The van der Waals surface area contributed by atoms with Crippen LogP contribution in [0.3, 0.4) is 0 Å². The van der Waals surface area contributed by atoms with Gasteiger partial charge in [-0.3, -0.25) is 4.79 Å². The second-order valence-corrected chi connectivity index (χ2v) is 6.77. The average molecular weight is 310 g/mol. The number of hydrogen-bond acceptors (Lipinski definition) is 2. The molecule has 3 atom stereocenters. The van der Waals surface area contributed by atoms with Crippen molar-refractivity contribution in [2.24, 2.45) is 11.8 Å². The lowest BCUT2D eigenvalue weighted by Gasteiger charge is -2.05. The molecule has 3 unspecified atom stereocenters. The zero-order chi connectivity index (χ0) is 16.2. The van der Waals surface area contributed by atoms with E-state index in [4.69, 9.17) is 5.11 Å². The second-order valence-electron chi connectivity index (χ2n) is 6.77. The fraction of sp³-hybridized carbons (Fsp3) is 0.842. The smallest absolute Gasteiger partial charge is 0.303 e. The summed E-state index contributed by atoms with van der Waals surface area (Å²) in [5.41, 5.74) is 0. The highest BCUT2D eigenvalue weighted by molar-refractivity contribution is 5.66. The number of unbranched alkanes of at least 4 members (excludes halogenated alkanes) is 7. The van der Waals surface area contributed by atoms with E-state index in [1.807, 2.05) is 6.08 Å². The van der Waals surface area contributed by atoms with Gasteiger partial charge < -0.3 is 10.2 Å². The van der Waals surface area contributed by atoms with E-state index >= 15 is 0 Å². The Balaban J connectivity index is 1.92. The maximum Gasteiger partial charge on any atom is 0.303 e.